The lowest BCUT2D eigenvalue weighted by molar-refractivity contribution is -0.144. The lowest BCUT2D eigenvalue weighted by atomic mass is 9.64. The van der Waals surface area contributed by atoms with Gasteiger partial charge in [-0.15, -0.1) is 0 Å². The summed E-state index contributed by atoms with van der Waals surface area (Å²) >= 11 is 0. The molecule has 2 aliphatic heterocycles. The van der Waals surface area contributed by atoms with Gasteiger partial charge in [-0.3, -0.25) is 4.79 Å². The predicted octanol–water partition coefficient (Wildman–Crippen LogP) is 3.98. The van der Waals surface area contributed by atoms with E-state index >= 15 is 0 Å². The van der Waals surface area contributed by atoms with Crippen LogP contribution in [0.5, 0.6) is 5.75 Å². The summed E-state index contributed by atoms with van der Waals surface area (Å²) in [7, 11) is 1.68. The van der Waals surface area contributed by atoms with Gasteiger partial charge in [0.1, 0.15) is 5.75 Å². The zero-order chi connectivity index (χ0) is 20.7. The fraction of sp³-hybridized carbons (Fsp3) is 0.500. The smallest absolute Gasteiger partial charge is 0.227 e. The number of nitrogens with one attached hydrogen (secondary N) is 1. The lowest BCUT2D eigenvalue weighted by Gasteiger charge is -2.53. The van der Waals surface area contributed by atoms with E-state index in [4.69, 9.17) is 4.74 Å². The topological polar surface area (TPSA) is 41.6 Å². The number of piperidine rings is 1. The van der Waals surface area contributed by atoms with Gasteiger partial charge >= 0.3 is 0 Å². The van der Waals surface area contributed by atoms with Crippen LogP contribution in [0.3, 0.4) is 0 Å². The van der Waals surface area contributed by atoms with Gasteiger partial charge < -0.3 is 15.0 Å². The summed E-state index contributed by atoms with van der Waals surface area (Å²) in [6.07, 6.45) is 6.04. The molecule has 30 heavy (non-hydrogen) atoms. The quantitative estimate of drug-likeness (QED) is 0.820. The molecule has 2 heterocycles. The van der Waals surface area contributed by atoms with E-state index in [1.807, 2.05) is 24.3 Å². The van der Waals surface area contributed by atoms with E-state index in [1.54, 1.807) is 7.11 Å². The van der Waals surface area contributed by atoms with Gasteiger partial charge in [-0.05, 0) is 43.7 Å². The van der Waals surface area contributed by atoms with Crippen molar-refractivity contribution in [2.75, 3.05) is 7.11 Å². The Morgan fingerprint density at radius 3 is 2.70 bits per heavy atom. The number of carbonyl (C=O) groups is 1. The summed E-state index contributed by atoms with van der Waals surface area (Å²) in [6, 6.07) is 20.0. The molecule has 0 unspecified atom stereocenters. The maximum absolute atomic E-state index is 13.8. The Kier molecular flexibility index (Phi) is 5.06. The summed E-state index contributed by atoms with van der Waals surface area (Å²) < 4.78 is 5.53. The third-order valence-electron chi connectivity index (χ3n) is 7.87. The summed E-state index contributed by atoms with van der Waals surface area (Å²) in [5.41, 5.74) is 2.48. The first kappa shape index (κ1) is 19.6. The van der Waals surface area contributed by atoms with Crippen LogP contribution < -0.4 is 10.1 Å². The minimum absolute atomic E-state index is 0.187. The molecule has 4 nitrogen and oxygen atoms in total. The average molecular weight is 405 g/mol. The Hall–Kier alpha value is -2.33. The molecule has 0 spiro atoms. The SMILES string of the molecule is COc1ccccc1CC(=O)N1[C@H](Cc2ccccc2)[C@@H]2C[C@@]3(C)[C@H](CCC[C@@H]13)N2. The van der Waals surface area contributed by atoms with Crippen LogP contribution in [0.25, 0.3) is 0 Å². The molecule has 2 saturated heterocycles. The van der Waals surface area contributed by atoms with Gasteiger partial charge in [0.25, 0.3) is 0 Å². The van der Waals surface area contributed by atoms with Gasteiger partial charge in [-0.2, -0.15) is 0 Å². The molecule has 5 rings (SSSR count). The fourth-order valence-electron chi connectivity index (χ4n) is 6.44. The van der Waals surface area contributed by atoms with Gasteiger partial charge in [0.2, 0.25) is 5.91 Å². The van der Waals surface area contributed by atoms with Crippen LogP contribution in [-0.2, 0) is 17.6 Å². The Bertz CT molecular complexity index is 914. The molecule has 4 heteroatoms. The van der Waals surface area contributed by atoms with Gasteiger partial charge in [0.15, 0.2) is 0 Å². The van der Waals surface area contributed by atoms with Crippen molar-refractivity contribution < 1.29 is 9.53 Å². The van der Waals surface area contributed by atoms with Crippen molar-refractivity contribution in [2.45, 2.75) is 69.6 Å². The van der Waals surface area contributed by atoms with Crippen LogP contribution in [0.15, 0.2) is 54.6 Å². The number of ether oxygens (including phenoxy) is 1. The molecular weight excluding hydrogens is 372 g/mol. The molecule has 1 N–H and O–H groups in total. The second-order valence-corrected chi connectivity index (χ2v) is 9.53. The number of amides is 1. The van der Waals surface area contributed by atoms with Crippen molar-refractivity contribution in [2.24, 2.45) is 5.41 Å². The number of carbonyl (C=O) groups excluding carboxylic acids is 1. The Morgan fingerprint density at radius 2 is 1.90 bits per heavy atom. The van der Waals surface area contributed by atoms with Crippen molar-refractivity contribution in [1.29, 1.82) is 0 Å². The zero-order valence-corrected chi connectivity index (χ0v) is 18.0. The van der Waals surface area contributed by atoms with Crippen LogP contribution in [0, 0.1) is 5.41 Å². The second kappa shape index (κ2) is 7.73. The predicted molar refractivity (Wildman–Crippen MR) is 119 cm³/mol. The fourth-order valence-corrected chi connectivity index (χ4v) is 6.44. The maximum Gasteiger partial charge on any atom is 0.227 e. The molecule has 0 radical (unpaired) electrons. The van der Waals surface area contributed by atoms with Crippen molar-refractivity contribution in [1.82, 2.24) is 10.2 Å². The number of benzene rings is 2. The molecule has 158 valence electrons. The van der Waals surface area contributed by atoms with Crippen molar-refractivity contribution >= 4 is 5.91 Å². The molecule has 1 aliphatic carbocycles. The highest BCUT2D eigenvalue weighted by Crippen LogP contribution is 2.52. The Labute approximate surface area is 179 Å². The lowest BCUT2D eigenvalue weighted by Crippen LogP contribution is -2.62. The summed E-state index contributed by atoms with van der Waals surface area (Å²) in [4.78, 5) is 16.1. The van der Waals surface area contributed by atoms with Crippen LogP contribution in [0.1, 0.15) is 43.7 Å². The van der Waals surface area contributed by atoms with Gasteiger partial charge in [-0.1, -0.05) is 55.5 Å². The molecule has 2 bridgehead atoms. The van der Waals surface area contributed by atoms with E-state index in [0.29, 0.717) is 24.5 Å². The van der Waals surface area contributed by atoms with Crippen LogP contribution in [-0.4, -0.2) is 42.1 Å². The number of rotatable bonds is 5. The number of nitrogens with zero attached hydrogens (tertiary/aromatic N) is 1. The molecule has 1 amide bonds. The molecule has 5 atom stereocenters. The highest BCUT2D eigenvalue weighted by atomic mass is 16.5. The first-order valence-electron chi connectivity index (χ1n) is 11.3. The molecule has 2 aromatic carbocycles. The standard InChI is InChI=1S/C26H32N2O2/c1-26-17-20-21(15-18-9-4-3-5-10-18)28(24(26)14-8-13-23(26)27-20)25(29)16-19-11-6-7-12-22(19)30-2/h3-7,9-12,20-21,23-24,27H,8,13-17H2,1-2H3/t20-,21+,23-,24+,26-/m0/s1. The van der Waals surface area contributed by atoms with Crippen molar-refractivity contribution in [3.05, 3.63) is 65.7 Å². The number of fused-ring (bicyclic) bond motifs is 1. The largest absolute Gasteiger partial charge is 0.496 e. The summed E-state index contributed by atoms with van der Waals surface area (Å²) in [6.45, 7) is 2.41. The highest BCUT2D eigenvalue weighted by molar-refractivity contribution is 5.81. The van der Waals surface area contributed by atoms with Crippen molar-refractivity contribution in [3.63, 3.8) is 0 Å². The van der Waals surface area contributed by atoms with E-state index in [2.05, 4.69) is 47.5 Å². The minimum Gasteiger partial charge on any atom is -0.496 e. The normalized spacial score (nSPS) is 32.1. The number of methoxy groups -OCH3 is 1. The highest BCUT2D eigenvalue weighted by Gasteiger charge is 2.60. The molecule has 0 aromatic heterocycles. The number of hydrogen-bond acceptors (Lipinski definition) is 3. The molecule has 1 saturated carbocycles. The van der Waals surface area contributed by atoms with Gasteiger partial charge in [0.05, 0.1) is 19.6 Å². The molecular formula is C26H32N2O2. The number of likely N-dealkylation sites (tertiary alicyclic amines) is 1. The van der Waals surface area contributed by atoms with Crippen molar-refractivity contribution in [3.8, 4) is 5.75 Å². The first-order valence-corrected chi connectivity index (χ1v) is 11.3. The molecule has 3 aliphatic rings. The monoisotopic (exact) mass is 404 g/mol. The van der Waals surface area contributed by atoms with E-state index in [9.17, 15) is 4.79 Å². The van der Waals surface area contributed by atoms with E-state index in [-0.39, 0.29) is 17.4 Å². The van der Waals surface area contributed by atoms with Crippen LogP contribution in [0.4, 0.5) is 0 Å². The second-order valence-electron chi connectivity index (χ2n) is 9.53. The third-order valence-corrected chi connectivity index (χ3v) is 7.87. The van der Waals surface area contributed by atoms with Gasteiger partial charge in [0, 0.05) is 29.1 Å². The van der Waals surface area contributed by atoms with E-state index in [1.165, 1.54) is 24.8 Å². The van der Waals surface area contributed by atoms with E-state index in [0.717, 1.165) is 24.2 Å². The number of para-hydroxylation sites is 1. The third kappa shape index (κ3) is 3.22. The summed E-state index contributed by atoms with van der Waals surface area (Å²) in [5.74, 6) is 1.04. The van der Waals surface area contributed by atoms with E-state index < -0.39 is 0 Å². The Morgan fingerprint density at radius 1 is 1.13 bits per heavy atom. The van der Waals surface area contributed by atoms with Crippen LogP contribution >= 0.6 is 0 Å². The minimum atomic E-state index is 0.187. The average Bonchev–Trinajstić information content (AvgIpc) is 3.11. The first-order chi connectivity index (χ1) is 14.6. The zero-order valence-electron chi connectivity index (χ0n) is 18.0. The van der Waals surface area contributed by atoms with Crippen LogP contribution in [0.2, 0.25) is 0 Å². The maximum atomic E-state index is 13.8. The molecule has 3 fully saturated rings. The molecule has 2 aromatic rings. The Balaban J connectivity index is 1.49. The number of hydrogen-bond donors (Lipinski definition) is 1. The van der Waals surface area contributed by atoms with Gasteiger partial charge in [-0.25, -0.2) is 0 Å². The summed E-state index contributed by atoms with van der Waals surface area (Å²) in [5, 5.41) is 3.95.